The molecule has 1 N–H and O–H groups in total. The average molecular weight is 386 g/mol. The number of nitrogens with zero attached hydrogens (tertiary/aromatic N) is 1. The van der Waals surface area contributed by atoms with Crippen molar-refractivity contribution >= 4 is 22.7 Å². The van der Waals surface area contributed by atoms with E-state index in [1.165, 1.54) is 5.56 Å². The number of hydrogen-bond donors (Lipinski definition) is 1. The third-order valence-electron chi connectivity index (χ3n) is 4.95. The molecular formula is C24H22N2O3. The van der Waals surface area contributed by atoms with Crippen molar-refractivity contribution in [2.45, 2.75) is 26.3 Å². The predicted octanol–water partition coefficient (Wildman–Crippen LogP) is 5.02. The quantitative estimate of drug-likeness (QED) is 0.524. The lowest BCUT2D eigenvalue weighted by Crippen LogP contribution is -2.15. The average Bonchev–Trinajstić information content (AvgIpc) is 3.03. The number of benzene rings is 3. The van der Waals surface area contributed by atoms with Crippen LogP contribution < -0.4 is 11.1 Å². The van der Waals surface area contributed by atoms with E-state index in [2.05, 4.69) is 19.2 Å². The van der Waals surface area contributed by atoms with Crippen LogP contribution in [0.15, 0.2) is 82.0 Å². The molecule has 0 bridgehead atoms. The van der Waals surface area contributed by atoms with Gasteiger partial charge in [0, 0.05) is 11.3 Å². The summed E-state index contributed by atoms with van der Waals surface area (Å²) in [6.45, 7) is 4.64. The van der Waals surface area contributed by atoms with Crippen molar-refractivity contribution in [2.75, 3.05) is 5.32 Å². The molecule has 0 saturated carbocycles. The summed E-state index contributed by atoms with van der Waals surface area (Å²) >= 11 is 0. The molecule has 0 aliphatic heterocycles. The van der Waals surface area contributed by atoms with Crippen LogP contribution in [-0.2, 0) is 6.54 Å². The van der Waals surface area contributed by atoms with E-state index in [1.54, 1.807) is 22.8 Å². The van der Waals surface area contributed by atoms with Crippen LogP contribution in [0.1, 0.15) is 41.3 Å². The summed E-state index contributed by atoms with van der Waals surface area (Å²) in [7, 11) is 0. The Morgan fingerprint density at radius 1 is 1.00 bits per heavy atom. The third-order valence-corrected chi connectivity index (χ3v) is 4.95. The van der Waals surface area contributed by atoms with E-state index in [0.29, 0.717) is 29.1 Å². The summed E-state index contributed by atoms with van der Waals surface area (Å²) in [5.41, 5.74) is 4.46. The number of carbonyl (C=O) groups is 1. The van der Waals surface area contributed by atoms with Crippen molar-refractivity contribution < 1.29 is 9.21 Å². The number of aromatic nitrogens is 1. The Hall–Kier alpha value is -3.60. The second-order valence-corrected chi connectivity index (χ2v) is 7.35. The first-order valence-electron chi connectivity index (χ1n) is 9.60. The Balaban J connectivity index is 1.61. The van der Waals surface area contributed by atoms with E-state index in [-0.39, 0.29) is 5.91 Å². The zero-order chi connectivity index (χ0) is 20.4. The molecule has 4 rings (SSSR count). The third kappa shape index (κ3) is 3.99. The number of hydrogen-bond acceptors (Lipinski definition) is 3. The first kappa shape index (κ1) is 18.7. The van der Waals surface area contributed by atoms with Crippen molar-refractivity contribution in [2.24, 2.45) is 0 Å². The minimum Gasteiger partial charge on any atom is -0.408 e. The molecular weight excluding hydrogens is 364 g/mol. The van der Waals surface area contributed by atoms with Crippen molar-refractivity contribution in [1.82, 2.24) is 4.57 Å². The summed E-state index contributed by atoms with van der Waals surface area (Å²) in [6, 6.07) is 22.5. The molecule has 146 valence electrons. The van der Waals surface area contributed by atoms with Gasteiger partial charge in [0.2, 0.25) is 0 Å². The highest BCUT2D eigenvalue weighted by molar-refractivity contribution is 6.05. The minimum atomic E-state index is -0.439. The van der Waals surface area contributed by atoms with Crippen LogP contribution >= 0.6 is 0 Å². The fourth-order valence-corrected chi connectivity index (χ4v) is 3.27. The molecule has 1 aromatic heterocycles. The monoisotopic (exact) mass is 386 g/mol. The zero-order valence-electron chi connectivity index (χ0n) is 16.4. The molecule has 0 unspecified atom stereocenters. The van der Waals surface area contributed by atoms with E-state index in [9.17, 15) is 9.59 Å². The topological polar surface area (TPSA) is 64.2 Å². The number of rotatable bonds is 5. The van der Waals surface area contributed by atoms with Crippen molar-refractivity contribution in [3.63, 3.8) is 0 Å². The Bertz CT molecular complexity index is 1200. The molecule has 3 aromatic carbocycles. The van der Waals surface area contributed by atoms with Gasteiger partial charge in [0.1, 0.15) is 0 Å². The lowest BCUT2D eigenvalue weighted by molar-refractivity contribution is 0.102. The molecule has 0 saturated heterocycles. The lowest BCUT2D eigenvalue weighted by Gasteiger charge is -2.09. The highest BCUT2D eigenvalue weighted by Gasteiger charge is 2.14. The van der Waals surface area contributed by atoms with E-state index in [1.807, 2.05) is 54.6 Å². The number of amides is 1. The van der Waals surface area contributed by atoms with Crippen LogP contribution in [0.25, 0.3) is 11.1 Å². The van der Waals surface area contributed by atoms with Gasteiger partial charge in [-0.1, -0.05) is 56.3 Å². The predicted molar refractivity (Wildman–Crippen MR) is 115 cm³/mol. The number of oxazole rings is 1. The van der Waals surface area contributed by atoms with Crippen LogP contribution in [0.5, 0.6) is 0 Å². The van der Waals surface area contributed by atoms with Gasteiger partial charge in [0.25, 0.3) is 5.91 Å². The highest BCUT2D eigenvalue weighted by Crippen LogP contribution is 2.20. The van der Waals surface area contributed by atoms with E-state index in [0.717, 1.165) is 11.3 Å². The standard InChI is InChI=1S/C24H22N2O3/c1-16(2)18-8-11-20(12-9-18)25-23(27)19-10-13-22-21(14-19)26(24(28)29-22)15-17-6-4-3-5-7-17/h3-14,16H,15H2,1-2H3,(H,25,27). The molecule has 5 heteroatoms. The largest absolute Gasteiger partial charge is 0.420 e. The van der Waals surface area contributed by atoms with Crippen molar-refractivity contribution in [1.29, 1.82) is 0 Å². The lowest BCUT2D eigenvalue weighted by atomic mass is 10.0. The summed E-state index contributed by atoms with van der Waals surface area (Å²) in [6.07, 6.45) is 0. The maximum absolute atomic E-state index is 12.7. The maximum atomic E-state index is 12.7. The van der Waals surface area contributed by atoms with E-state index < -0.39 is 5.76 Å². The SMILES string of the molecule is CC(C)c1ccc(NC(=O)c2ccc3oc(=O)n(Cc4ccccc4)c3c2)cc1. The van der Waals surface area contributed by atoms with Gasteiger partial charge in [-0.05, 0) is 47.4 Å². The summed E-state index contributed by atoms with van der Waals surface area (Å²) in [4.78, 5) is 25.0. The number of anilines is 1. The minimum absolute atomic E-state index is 0.232. The number of fused-ring (bicyclic) bond motifs is 1. The molecule has 1 amide bonds. The van der Waals surface area contributed by atoms with Gasteiger partial charge >= 0.3 is 5.76 Å². The van der Waals surface area contributed by atoms with Crippen LogP contribution in [0.2, 0.25) is 0 Å². The molecule has 0 atom stereocenters. The van der Waals surface area contributed by atoms with Gasteiger partial charge in [-0.3, -0.25) is 9.36 Å². The molecule has 29 heavy (non-hydrogen) atoms. The van der Waals surface area contributed by atoms with Gasteiger partial charge in [-0.25, -0.2) is 4.79 Å². The molecule has 4 aromatic rings. The van der Waals surface area contributed by atoms with Crippen molar-refractivity contribution in [3.8, 4) is 0 Å². The van der Waals surface area contributed by atoms with E-state index in [4.69, 9.17) is 4.42 Å². The molecule has 1 heterocycles. The zero-order valence-corrected chi connectivity index (χ0v) is 16.4. The normalized spacial score (nSPS) is 11.1. The summed E-state index contributed by atoms with van der Waals surface area (Å²) in [5, 5.41) is 2.91. The summed E-state index contributed by atoms with van der Waals surface area (Å²) < 4.78 is 6.88. The number of carbonyl (C=O) groups excluding carboxylic acids is 1. The Morgan fingerprint density at radius 3 is 2.41 bits per heavy atom. The van der Waals surface area contributed by atoms with Gasteiger partial charge in [-0.2, -0.15) is 0 Å². The van der Waals surface area contributed by atoms with Crippen LogP contribution in [0, 0.1) is 0 Å². The highest BCUT2D eigenvalue weighted by atomic mass is 16.4. The second kappa shape index (κ2) is 7.80. The van der Waals surface area contributed by atoms with E-state index >= 15 is 0 Å². The first-order chi connectivity index (χ1) is 14.0. The molecule has 5 nitrogen and oxygen atoms in total. The molecule has 0 aliphatic carbocycles. The van der Waals surface area contributed by atoms with Crippen LogP contribution in [-0.4, -0.2) is 10.5 Å². The van der Waals surface area contributed by atoms with Gasteiger partial charge in [0.15, 0.2) is 5.58 Å². The first-order valence-corrected chi connectivity index (χ1v) is 9.60. The molecule has 0 spiro atoms. The Kier molecular flexibility index (Phi) is 5.04. The fraction of sp³-hybridized carbons (Fsp3) is 0.167. The number of nitrogens with one attached hydrogen (secondary N) is 1. The fourth-order valence-electron chi connectivity index (χ4n) is 3.27. The van der Waals surface area contributed by atoms with Gasteiger partial charge in [-0.15, -0.1) is 0 Å². The van der Waals surface area contributed by atoms with Crippen LogP contribution in [0.4, 0.5) is 5.69 Å². The Labute approximate surface area is 168 Å². The smallest absolute Gasteiger partial charge is 0.408 e. The summed E-state index contributed by atoms with van der Waals surface area (Å²) in [5.74, 6) is -0.237. The second-order valence-electron chi connectivity index (χ2n) is 7.35. The van der Waals surface area contributed by atoms with Gasteiger partial charge in [0.05, 0.1) is 12.1 Å². The maximum Gasteiger partial charge on any atom is 0.420 e. The van der Waals surface area contributed by atoms with Crippen LogP contribution in [0.3, 0.4) is 0 Å². The molecule has 0 radical (unpaired) electrons. The molecule has 0 fully saturated rings. The van der Waals surface area contributed by atoms with Gasteiger partial charge < -0.3 is 9.73 Å². The van der Waals surface area contributed by atoms with Crippen molar-refractivity contribution in [3.05, 3.63) is 100 Å². The molecule has 0 aliphatic rings. The Morgan fingerprint density at radius 2 is 1.72 bits per heavy atom.